The third-order valence-electron chi connectivity index (χ3n) is 2.90. The second-order valence-electron chi connectivity index (χ2n) is 4.32. The molecule has 1 aliphatic heterocycles. The zero-order chi connectivity index (χ0) is 12.5. The van der Waals surface area contributed by atoms with Crippen LogP contribution in [0.25, 0.3) is 0 Å². The molecule has 17 heavy (non-hydrogen) atoms. The van der Waals surface area contributed by atoms with Gasteiger partial charge in [0.25, 0.3) is 0 Å². The molecule has 0 aromatic heterocycles. The van der Waals surface area contributed by atoms with Crippen molar-refractivity contribution in [1.82, 2.24) is 4.31 Å². The molecular weight excluding hydrogens is 254 g/mol. The number of sulfonamides is 1. The molecule has 1 saturated heterocycles. The van der Waals surface area contributed by atoms with Gasteiger partial charge in [0.15, 0.2) is 0 Å². The first-order chi connectivity index (χ1) is 7.99. The molecule has 0 radical (unpaired) electrons. The maximum absolute atomic E-state index is 12.2. The van der Waals surface area contributed by atoms with Crippen LogP contribution in [0, 0.1) is 6.92 Å². The van der Waals surface area contributed by atoms with Crippen LogP contribution >= 0.6 is 11.8 Å². The van der Waals surface area contributed by atoms with Gasteiger partial charge in [-0.3, -0.25) is 0 Å². The van der Waals surface area contributed by atoms with Crippen molar-refractivity contribution in [3.63, 3.8) is 0 Å². The average molecular weight is 271 g/mol. The van der Waals surface area contributed by atoms with E-state index in [1.54, 1.807) is 16.1 Å². The Morgan fingerprint density at radius 1 is 1.35 bits per heavy atom. The van der Waals surface area contributed by atoms with Gasteiger partial charge in [-0.2, -0.15) is 4.31 Å². The molecule has 5 heteroatoms. The average Bonchev–Trinajstić information content (AvgIpc) is 2.68. The van der Waals surface area contributed by atoms with Crippen molar-refractivity contribution in [3.05, 3.63) is 35.4 Å². The summed E-state index contributed by atoms with van der Waals surface area (Å²) in [4.78, 5) is 0. The van der Waals surface area contributed by atoms with Gasteiger partial charge in [0.1, 0.15) is 0 Å². The Kier molecular flexibility index (Phi) is 3.80. The highest BCUT2D eigenvalue weighted by molar-refractivity contribution is 8.01. The number of rotatable bonds is 3. The summed E-state index contributed by atoms with van der Waals surface area (Å²) in [5.74, 6) is 1.01. The van der Waals surface area contributed by atoms with Crippen molar-refractivity contribution in [3.8, 4) is 0 Å². The van der Waals surface area contributed by atoms with E-state index >= 15 is 0 Å². The first-order valence-corrected chi connectivity index (χ1v) is 8.31. The van der Waals surface area contributed by atoms with Crippen LogP contribution < -0.4 is 0 Å². The summed E-state index contributed by atoms with van der Waals surface area (Å²) in [6, 6.07) is 7.68. The predicted molar refractivity (Wildman–Crippen MR) is 72.4 cm³/mol. The lowest BCUT2D eigenvalue weighted by Crippen LogP contribution is -2.34. The SMILES string of the molecule is Cc1ccc(CS(=O)(=O)N2CCSC2C)cc1. The van der Waals surface area contributed by atoms with Gasteiger partial charge in [0, 0.05) is 12.3 Å². The first-order valence-electron chi connectivity index (χ1n) is 5.66. The maximum atomic E-state index is 12.2. The van der Waals surface area contributed by atoms with Crippen LogP contribution in [0.1, 0.15) is 18.1 Å². The van der Waals surface area contributed by atoms with E-state index in [4.69, 9.17) is 0 Å². The van der Waals surface area contributed by atoms with E-state index in [2.05, 4.69) is 0 Å². The Hall–Kier alpha value is -0.520. The molecule has 1 fully saturated rings. The summed E-state index contributed by atoms with van der Waals surface area (Å²) in [6.45, 7) is 4.59. The van der Waals surface area contributed by atoms with Crippen molar-refractivity contribution in [2.24, 2.45) is 0 Å². The zero-order valence-corrected chi connectivity index (χ0v) is 11.7. The van der Waals surface area contributed by atoms with Crippen molar-refractivity contribution in [2.75, 3.05) is 12.3 Å². The third-order valence-corrected chi connectivity index (χ3v) is 6.10. The minimum Gasteiger partial charge on any atom is -0.212 e. The Morgan fingerprint density at radius 3 is 2.53 bits per heavy atom. The van der Waals surface area contributed by atoms with E-state index in [1.807, 2.05) is 38.1 Å². The largest absolute Gasteiger partial charge is 0.219 e. The molecule has 0 N–H and O–H groups in total. The molecule has 1 atom stereocenters. The second kappa shape index (κ2) is 5.00. The first kappa shape index (κ1) is 12.9. The lowest BCUT2D eigenvalue weighted by molar-refractivity contribution is 0.441. The summed E-state index contributed by atoms with van der Waals surface area (Å²) in [6.07, 6.45) is 0. The molecule has 3 nitrogen and oxygen atoms in total. The van der Waals surface area contributed by atoms with Gasteiger partial charge in [-0.1, -0.05) is 29.8 Å². The minimum atomic E-state index is -3.16. The molecule has 2 rings (SSSR count). The molecule has 94 valence electrons. The third kappa shape index (κ3) is 3.03. The van der Waals surface area contributed by atoms with Gasteiger partial charge < -0.3 is 0 Å². The highest BCUT2D eigenvalue weighted by Gasteiger charge is 2.31. The van der Waals surface area contributed by atoms with Crippen molar-refractivity contribution in [2.45, 2.75) is 25.0 Å². The number of thioether (sulfide) groups is 1. The smallest absolute Gasteiger partial charge is 0.212 e. The van der Waals surface area contributed by atoms with Crippen molar-refractivity contribution >= 4 is 21.8 Å². The van der Waals surface area contributed by atoms with Crippen LogP contribution in [-0.4, -0.2) is 30.4 Å². The van der Waals surface area contributed by atoms with E-state index in [0.717, 1.165) is 16.9 Å². The van der Waals surface area contributed by atoms with E-state index in [-0.39, 0.29) is 11.1 Å². The van der Waals surface area contributed by atoms with E-state index in [0.29, 0.717) is 6.54 Å². The van der Waals surface area contributed by atoms with E-state index in [1.165, 1.54) is 0 Å². The van der Waals surface area contributed by atoms with E-state index in [9.17, 15) is 8.42 Å². The topological polar surface area (TPSA) is 37.4 Å². The Morgan fingerprint density at radius 2 is 2.00 bits per heavy atom. The molecule has 1 aliphatic rings. The Balaban J connectivity index is 2.14. The molecule has 1 unspecified atom stereocenters. The van der Waals surface area contributed by atoms with Crippen LogP contribution in [0.4, 0.5) is 0 Å². The monoisotopic (exact) mass is 271 g/mol. The molecule has 0 spiro atoms. The number of aryl methyl sites for hydroxylation is 1. The lowest BCUT2D eigenvalue weighted by Gasteiger charge is -2.19. The van der Waals surface area contributed by atoms with Crippen LogP contribution in [0.2, 0.25) is 0 Å². The highest BCUT2D eigenvalue weighted by atomic mass is 32.2. The van der Waals surface area contributed by atoms with E-state index < -0.39 is 10.0 Å². The molecule has 0 aliphatic carbocycles. The molecule has 1 heterocycles. The lowest BCUT2D eigenvalue weighted by atomic mass is 10.2. The molecular formula is C12H17NO2S2. The standard InChI is InChI=1S/C12H17NO2S2/c1-10-3-5-12(6-4-10)9-17(14,15)13-7-8-16-11(13)2/h3-6,11H,7-9H2,1-2H3. The highest BCUT2D eigenvalue weighted by Crippen LogP contribution is 2.27. The van der Waals surface area contributed by atoms with Crippen molar-refractivity contribution < 1.29 is 8.42 Å². The van der Waals surface area contributed by atoms with Gasteiger partial charge in [0.2, 0.25) is 10.0 Å². The summed E-state index contributed by atoms with van der Waals surface area (Å²) in [5, 5.41) is 0.0745. The molecule has 0 saturated carbocycles. The fourth-order valence-corrected chi connectivity index (χ4v) is 5.13. The number of nitrogens with zero attached hydrogens (tertiary/aromatic N) is 1. The number of hydrogen-bond acceptors (Lipinski definition) is 3. The van der Waals surface area contributed by atoms with Gasteiger partial charge >= 0.3 is 0 Å². The van der Waals surface area contributed by atoms with Gasteiger partial charge in [0.05, 0.1) is 11.1 Å². The van der Waals surface area contributed by atoms with Crippen molar-refractivity contribution in [1.29, 1.82) is 0 Å². The minimum absolute atomic E-state index is 0.0745. The Bertz CT molecular complexity index is 482. The molecule has 1 aromatic carbocycles. The summed E-state index contributed by atoms with van der Waals surface area (Å²) < 4.78 is 26.0. The fourth-order valence-electron chi connectivity index (χ4n) is 1.92. The van der Waals surface area contributed by atoms with Crippen LogP contribution in [-0.2, 0) is 15.8 Å². The zero-order valence-electron chi connectivity index (χ0n) is 10.1. The summed E-state index contributed by atoms with van der Waals surface area (Å²) >= 11 is 1.69. The maximum Gasteiger partial charge on any atom is 0.219 e. The van der Waals surface area contributed by atoms with Gasteiger partial charge in [-0.05, 0) is 19.4 Å². The van der Waals surface area contributed by atoms with Gasteiger partial charge in [-0.25, -0.2) is 8.42 Å². The van der Waals surface area contributed by atoms with Crippen LogP contribution in [0.5, 0.6) is 0 Å². The number of hydrogen-bond donors (Lipinski definition) is 0. The summed E-state index contributed by atoms with van der Waals surface area (Å²) in [7, 11) is -3.16. The van der Waals surface area contributed by atoms with Gasteiger partial charge in [-0.15, -0.1) is 11.8 Å². The Labute approximate surface area is 107 Å². The summed E-state index contributed by atoms with van der Waals surface area (Å²) in [5.41, 5.74) is 2.01. The predicted octanol–water partition coefficient (Wildman–Crippen LogP) is 2.22. The molecule has 0 bridgehead atoms. The van der Waals surface area contributed by atoms with Crippen LogP contribution in [0.3, 0.4) is 0 Å². The number of benzene rings is 1. The quantitative estimate of drug-likeness (QED) is 0.846. The normalized spacial score (nSPS) is 21.9. The second-order valence-corrected chi connectivity index (χ2v) is 7.67. The molecule has 1 aromatic rings. The molecule has 0 amide bonds. The van der Waals surface area contributed by atoms with Crippen LogP contribution in [0.15, 0.2) is 24.3 Å². The fraction of sp³-hybridized carbons (Fsp3) is 0.500.